The molecule has 0 amide bonds. The zero-order valence-corrected chi connectivity index (χ0v) is 7.92. The van der Waals surface area contributed by atoms with Gasteiger partial charge in [-0.1, -0.05) is 12.1 Å². The van der Waals surface area contributed by atoms with Crippen LogP contribution in [-0.2, 0) is 6.42 Å². The summed E-state index contributed by atoms with van der Waals surface area (Å²) in [5, 5.41) is 0. The molecule has 0 unspecified atom stereocenters. The van der Waals surface area contributed by atoms with Crippen molar-refractivity contribution in [2.75, 3.05) is 5.88 Å². The number of oxazole rings is 1. The van der Waals surface area contributed by atoms with Crippen molar-refractivity contribution in [2.45, 2.75) is 12.8 Å². The van der Waals surface area contributed by atoms with E-state index in [4.69, 9.17) is 16.0 Å². The topological polar surface area (TPSA) is 26.0 Å². The lowest BCUT2D eigenvalue weighted by Gasteiger charge is -1.88. The van der Waals surface area contributed by atoms with Crippen molar-refractivity contribution in [3.63, 3.8) is 0 Å². The lowest BCUT2D eigenvalue weighted by molar-refractivity contribution is 0.526. The SMILES string of the molecule is ClCCCc1nc2ccccc2o1. The van der Waals surface area contributed by atoms with E-state index >= 15 is 0 Å². The Bertz CT molecular complexity index is 363. The summed E-state index contributed by atoms with van der Waals surface area (Å²) in [5.74, 6) is 1.43. The number of alkyl halides is 1. The van der Waals surface area contributed by atoms with Gasteiger partial charge in [0.2, 0.25) is 0 Å². The van der Waals surface area contributed by atoms with Crippen molar-refractivity contribution in [1.82, 2.24) is 4.98 Å². The molecule has 1 aromatic carbocycles. The van der Waals surface area contributed by atoms with E-state index in [-0.39, 0.29) is 0 Å². The Kier molecular flexibility index (Phi) is 2.50. The molecule has 2 rings (SSSR count). The molecule has 0 atom stereocenters. The maximum atomic E-state index is 5.58. The molecule has 68 valence electrons. The number of aryl methyl sites for hydroxylation is 1. The van der Waals surface area contributed by atoms with Gasteiger partial charge in [0, 0.05) is 12.3 Å². The normalized spacial score (nSPS) is 10.8. The Morgan fingerprint density at radius 3 is 2.92 bits per heavy atom. The summed E-state index contributed by atoms with van der Waals surface area (Å²) in [4.78, 5) is 4.32. The first-order chi connectivity index (χ1) is 6.40. The van der Waals surface area contributed by atoms with Crippen LogP contribution in [0, 0.1) is 0 Å². The van der Waals surface area contributed by atoms with Gasteiger partial charge in [0.25, 0.3) is 0 Å². The van der Waals surface area contributed by atoms with E-state index in [1.165, 1.54) is 0 Å². The molecule has 0 bridgehead atoms. The summed E-state index contributed by atoms with van der Waals surface area (Å²) >= 11 is 5.58. The van der Waals surface area contributed by atoms with Crippen LogP contribution in [-0.4, -0.2) is 10.9 Å². The maximum absolute atomic E-state index is 5.58. The quantitative estimate of drug-likeness (QED) is 0.704. The highest BCUT2D eigenvalue weighted by Crippen LogP contribution is 2.15. The summed E-state index contributed by atoms with van der Waals surface area (Å²) in [6, 6.07) is 7.77. The van der Waals surface area contributed by atoms with Crippen molar-refractivity contribution in [2.24, 2.45) is 0 Å². The minimum Gasteiger partial charge on any atom is -0.441 e. The third-order valence-electron chi connectivity index (χ3n) is 1.86. The van der Waals surface area contributed by atoms with Crippen LogP contribution in [0.5, 0.6) is 0 Å². The number of aromatic nitrogens is 1. The smallest absolute Gasteiger partial charge is 0.195 e. The fraction of sp³-hybridized carbons (Fsp3) is 0.300. The summed E-state index contributed by atoms with van der Waals surface area (Å²) in [6.45, 7) is 0. The first-order valence-electron chi connectivity index (χ1n) is 4.30. The van der Waals surface area contributed by atoms with Gasteiger partial charge < -0.3 is 4.42 Å². The van der Waals surface area contributed by atoms with Crippen molar-refractivity contribution < 1.29 is 4.42 Å². The number of hydrogen-bond donors (Lipinski definition) is 0. The molecule has 1 aromatic heterocycles. The van der Waals surface area contributed by atoms with Crippen LogP contribution in [0.3, 0.4) is 0 Å². The van der Waals surface area contributed by atoms with E-state index in [1.807, 2.05) is 24.3 Å². The monoisotopic (exact) mass is 195 g/mol. The molecule has 0 spiro atoms. The number of fused-ring (bicyclic) bond motifs is 1. The Morgan fingerprint density at radius 2 is 2.15 bits per heavy atom. The summed E-state index contributed by atoms with van der Waals surface area (Å²) in [6.07, 6.45) is 1.73. The number of nitrogens with zero attached hydrogens (tertiary/aromatic N) is 1. The average Bonchev–Trinajstić information content (AvgIpc) is 2.57. The predicted molar refractivity (Wildman–Crippen MR) is 53.1 cm³/mol. The minimum atomic E-state index is 0.652. The number of rotatable bonds is 3. The summed E-state index contributed by atoms with van der Waals surface area (Å²) < 4.78 is 5.50. The summed E-state index contributed by atoms with van der Waals surface area (Å²) in [7, 11) is 0. The van der Waals surface area contributed by atoms with E-state index in [2.05, 4.69) is 4.98 Å². The van der Waals surface area contributed by atoms with E-state index in [0.29, 0.717) is 5.88 Å². The number of para-hydroxylation sites is 2. The molecule has 0 aliphatic carbocycles. The third-order valence-corrected chi connectivity index (χ3v) is 2.13. The highest BCUT2D eigenvalue weighted by Gasteiger charge is 2.03. The molecule has 3 heteroatoms. The van der Waals surface area contributed by atoms with E-state index < -0.39 is 0 Å². The van der Waals surface area contributed by atoms with Crippen LogP contribution in [0.1, 0.15) is 12.3 Å². The lowest BCUT2D eigenvalue weighted by Crippen LogP contribution is -1.84. The fourth-order valence-electron chi connectivity index (χ4n) is 1.24. The molecule has 0 aliphatic heterocycles. The van der Waals surface area contributed by atoms with Crippen LogP contribution < -0.4 is 0 Å². The molecule has 0 N–H and O–H groups in total. The molecule has 0 saturated heterocycles. The number of hydrogen-bond acceptors (Lipinski definition) is 2. The standard InChI is InChI=1S/C10H10ClNO/c11-7-3-6-10-12-8-4-1-2-5-9(8)13-10/h1-2,4-5H,3,6-7H2. The Hall–Kier alpha value is -1.02. The first-order valence-corrected chi connectivity index (χ1v) is 4.84. The zero-order chi connectivity index (χ0) is 9.10. The van der Waals surface area contributed by atoms with Crippen molar-refractivity contribution in [1.29, 1.82) is 0 Å². The van der Waals surface area contributed by atoms with Crippen LogP contribution in [0.15, 0.2) is 28.7 Å². The zero-order valence-electron chi connectivity index (χ0n) is 7.16. The predicted octanol–water partition coefficient (Wildman–Crippen LogP) is 3.00. The van der Waals surface area contributed by atoms with E-state index in [0.717, 1.165) is 29.8 Å². The molecule has 0 fully saturated rings. The fourth-order valence-corrected chi connectivity index (χ4v) is 1.38. The Morgan fingerprint density at radius 1 is 1.31 bits per heavy atom. The third kappa shape index (κ3) is 1.83. The molecular formula is C10H10ClNO. The van der Waals surface area contributed by atoms with Gasteiger partial charge in [-0.3, -0.25) is 0 Å². The number of halogens is 1. The molecule has 0 aliphatic rings. The van der Waals surface area contributed by atoms with Crippen molar-refractivity contribution >= 4 is 22.7 Å². The van der Waals surface area contributed by atoms with Crippen LogP contribution in [0.25, 0.3) is 11.1 Å². The molecule has 0 saturated carbocycles. The molecule has 13 heavy (non-hydrogen) atoms. The highest BCUT2D eigenvalue weighted by atomic mass is 35.5. The molecule has 2 nitrogen and oxygen atoms in total. The maximum Gasteiger partial charge on any atom is 0.195 e. The second kappa shape index (κ2) is 3.79. The largest absolute Gasteiger partial charge is 0.441 e. The van der Waals surface area contributed by atoms with Gasteiger partial charge in [-0.25, -0.2) is 4.98 Å². The van der Waals surface area contributed by atoms with Gasteiger partial charge in [0.05, 0.1) is 0 Å². The molecule has 2 aromatic rings. The van der Waals surface area contributed by atoms with Gasteiger partial charge in [0.15, 0.2) is 11.5 Å². The van der Waals surface area contributed by atoms with Crippen molar-refractivity contribution in [3.8, 4) is 0 Å². The Balaban J connectivity index is 2.28. The van der Waals surface area contributed by atoms with Crippen LogP contribution in [0.2, 0.25) is 0 Å². The first kappa shape index (κ1) is 8.57. The summed E-state index contributed by atoms with van der Waals surface area (Å²) in [5.41, 5.74) is 1.78. The minimum absolute atomic E-state index is 0.652. The van der Waals surface area contributed by atoms with E-state index in [1.54, 1.807) is 0 Å². The lowest BCUT2D eigenvalue weighted by atomic mass is 10.3. The van der Waals surface area contributed by atoms with Crippen LogP contribution in [0.4, 0.5) is 0 Å². The highest BCUT2D eigenvalue weighted by molar-refractivity contribution is 6.17. The average molecular weight is 196 g/mol. The Labute approximate surface area is 81.5 Å². The van der Waals surface area contributed by atoms with Gasteiger partial charge in [-0.05, 0) is 18.6 Å². The number of benzene rings is 1. The molecule has 1 heterocycles. The van der Waals surface area contributed by atoms with Crippen LogP contribution >= 0.6 is 11.6 Å². The van der Waals surface area contributed by atoms with Gasteiger partial charge in [0.1, 0.15) is 5.52 Å². The van der Waals surface area contributed by atoms with E-state index in [9.17, 15) is 0 Å². The molecular weight excluding hydrogens is 186 g/mol. The van der Waals surface area contributed by atoms with Gasteiger partial charge in [-0.2, -0.15) is 0 Å². The second-order valence-electron chi connectivity index (χ2n) is 2.87. The van der Waals surface area contributed by atoms with Gasteiger partial charge >= 0.3 is 0 Å². The second-order valence-corrected chi connectivity index (χ2v) is 3.25. The van der Waals surface area contributed by atoms with Gasteiger partial charge in [-0.15, -0.1) is 11.6 Å². The van der Waals surface area contributed by atoms with Crippen molar-refractivity contribution in [3.05, 3.63) is 30.2 Å². The molecule has 0 radical (unpaired) electrons.